The van der Waals surface area contributed by atoms with Gasteiger partial charge in [0, 0.05) is 11.6 Å². The van der Waals surface area contributed by atoms with Crippen LogP contribution in [-0.2, 0) is 0 Å². The van der Waals surface area contributed by atoms with Crippen LogP contribution in [0.1, 0.15) is 31.9 Å². The SMILES string of the molecule is CC(O)CCNC(C)c1cc(F)ccc1F. The Morgan fingerprint density at radius 2 is 2.00 bits per heavy atom. The van der Waals surface area contributed by atoms with Gasteiger partial charge in [-0.05, 0) is 45.0 Å². The summed E-state index contributed by atoms with van der Waals surface area (Å²) in [5.74, 6) is -0.862. The summed E-state index contributed by atoms with van der Waals surface area (Å²) in [5.41, 5.74) is 0.311. The van der Waals surface area contributed by atoms with Crippen molar-refractivity contribution in [3.05, 3.63) is 35.4 Å². The molecular formula is C12H17F2NO. The van der Waals surface area contributed by atoms with E-state index in [0.717, 1.165) is 12.1 Å². The lowest BCUT2D eigenvalue weighted by Gasteiger charge is -2.15. The molecule has 0 spiro atoms. The number of nitrogens with one attached hydrogen (secondary N) is 1. The zero-order chi connectivity index (χ0) is 12.1. The van der Waals surface area contributed by atoms with Crippen molar-refractivity contribution < 1.29 is 13.9 Å². The summed E-state index contributed by atoms with van der Waals surface area (Å²) in [6.07, 6.45) is 0.193. The van der Waals surface area contributed by atoms with Crippen LogP contribution >= 0.6 is 0 Å². The summed E-state index contributed by atoms with van der Waals surface area (Å²) in [6, 6.07) is 3.14. The quantitative estimate of drug-likeness (QED) is 0.812. The number of hydrogen-bond donors (Lipinski definition) is 2. The molecule has 90 valence electrons. The Labute approximate surface area is 94.3 Å². The molecular weight excluding hydrogens is 212 g/mol. The largest absolute Gasteiger partial charge is 0.393 e. The molecule has 0 saturated carbocycles. The van der Waals surface area contributed by atoms with Crippen LogP contribution in [0.3, 0.4) is 0 Å². The lowest BCUT2D eigenvalue weighted by atomic mass is 10.1. The maximum Gasteiger partial charge on any atom is 0.128 e. The average Bonchev–Trinajstić information content (AvgIpc) is 2.21. The molecule has 2 atom stereocenters. The molecule has 2 nitrogen and oxygen atoms in total. The Bertz CT molecular complexity index is 342. The number of hydrogen-bond acceptors (Lipinski definition) is 2. The van der Waals surface area contributed by atoms with Crippen LogP contribution in [-0.4, -0.2) is 17.8 Å². The first kappa shape index (κ1) is 13.1. The fraction of sp³-hybridized carbons (Fsp3) is 0.500. The van der Waals surface area contributed by atoms with E-state index < -0.39 is 17.7 Å². The summed E-state index contributed by atoms with van der Waals surface area (Å²) in [4.78, 5) is 0. The second kappa shape index (κ2) is 5.92. The number of halogens is 2. The molecule has 0 aliphatic rings. The Morgan fingerprint density at radius 3 is 2.62 bits per heavy atom. The Morgan fingerprint density at radius 1 is 1.31 bits per heavy atom. The highest BCUT2D eigenvalue weighted by atomic mass is 19.1. The smallest absolute Gasteiger partial charge is 0.128 e. The third kappa shape index (κ3) is 3.87. The van der Waals surface area contributed by atoms with Crippen molar-refractivity contribution in [2.24, 2.45) is 0 Å². The maximum atomic E-state index is 13.3. The van der Waals surface area contributed by atoms with Gasteiger partial charge in [-0.1, -0.05) is 0 Å². The molecule has 0 fully saturated rings. The molecule has 4 heteroatoms. The minimum absolute atomic E-state index is 0.269. The third-order valence-electron chi connectivity index (χ3n) is 2.44. The molecule has 0 heterocycles. The third-order valence-corrected chi connectivity index (χ3v) is 2.44. The molecule has 0 saturated heterocycles. The summed E-state index contributed by atoms with van der Waals surface area (Å²) in [7, 11) is 0. The van der Waals surface area contributed by atoms with Crippen LogP contribution in [0.15, 0.2) is 18.2 Å². The van der Waals surface area contributed by atoms with Gasteiger partial charge in [0.25, 0.3) is 0 Å². The van der Waals surface area contributed by atoms with E-state index >= 15 is 0 Å². The van der Waals surface area contributed by atoms with Gasteiger partial charge in [0.2, 0.25) is 0 Å². The highest BCUT2D eigenvalue weighted by molar-refractivity contribution is 5.21. The average molecular weight is 229 g/mol. The van der Waals surface area contributed by atoms with Crippen LogP contribution in [0.4, 0.5) is 8.78 Å². The molecule has 1 aromatic rings. The second-order valence-electron chi connectivity index (χ2n) is 3.98. The van der Waals surface area contributed by atoms with Crippen LogP contribution in [0.2, 0.25) is 0 Å². The fourth-order valence-electron chi connectivity index (χ4n) is 1.47. The van der Waals surface area contributed by atoms with Gasteiger partial charge in [-0.25, -0.2) is 8.78 Å². The predicted molar refractivity (Wildman–Crippen MR) is 59.1 cm³/mol. The molecule has 1 rings (SSSR count). The Kier molecular flexibility index (Phi) is 4.83. The second-order valence-corrected chi connectivity index (χ2v) is 3.98. The molecule has 0 aliphatic carbocycles. The molecule has 16 heavy (non-hydrogen) atoms. The summed E-state index contributed by atoms with van der Waals surface area (Å²) in [5, 5.41) is 12.1. The van der Waals surface area contributed by atoms with Crippen molar-refractivity contribution in [2.75, 3.05) is 6.54 Å². The maximum absolute atomic E-state index is 13.3. The van der Waals surface area contributed by atoms with Crippen LogP contribution in [0, 0.1) is 11.6 Å². The van der Waals surface area contributed by atoms with Crippen LogP contribution in [0.5, 0.6) is 0 Å². The first-order valence-electron chi connectivity index (χ1n) is 5.37. The molecule has 0 aromatic heterocycles. The summed E-state index contributed by atoms with van der Waals surface area (Å²) < 4.78 is 26.3. The van der Waals surface area contributed by atoms with Gasteiger partial charge in [-0.2, -0.15) is 0 Å². The van der Waals surface area contributed by atoms with E-state index in [2.05, 4.69) is 5.32 Å². The highest BCUT2D eigenvalue weighted by Crippen LogP contribution is 2.17. The van der Waals surface area contributed by atoms with E-state index in [4.69, 9.17) is 5.11 Å². The predicted octanol–water partition coefficient (Wildman–Crippen LogP) is 2.39. The molecule has 0 aliphatic heterocycles. The first-order chi connectivity index (χ1) is 7.50. The number of benzene rings is 1. The van der Waals surface area contributed by atoms with Crippen molar-refractivity contribution in [3.63, 3.8) is 0 Å². The van der Waals surface area contributed by atoms with Gasteiger partial charge in [0.15, 0.2) is 0 Å². The van der Waals surface area contributed by atoms with Gasteiger partial charge in [-0.15, -0.1) is 0 Å². The normalized spacial score (nSPS) is 14.8. The van der Waals surface area contributed by atoms with Crippen LogP contribution in [0.25, 0.3) is 0 Å². The zero-order valence-corrected chi connectivity index (χ0v) is 9.50. The van der Waals surface area contributed by atoms with E-state index in [1.165, 1.54) is 6.07 Å². The topological polar surface area (TPSA) is 32.3 Å². The fourth-order valence-corrected chi connectivity index (χ4v) is 1.47. The van der Waals surface area contributed by atoms with E-state index in [-0.39, 0.29) is 6.04 Å². The molecule has 1 aromatic carbocycles. The van der Waals surface area contributed by atoms with Gasteiger partial charge >= 0.3 is 0 Å². The van der Waals surface area contributed by atoms with Gasteiger partial charge < -0.3 is 10.4 Å². The van der Waals surface area contributed by atoms with E-state index in [0.29, 0.717) is 18.5 Å². The molecule has 0 radical (unpaired) electrons. The van der Waals surface area contributed by atoms with Crippen LogP contribution < -0.4 is 5.32 Å². The lowest BCUT2D eigenvalue weighted by Crippen LogP contribution is -2.23. The Balaban J connectivity index is 2.58. The standard InChI is InChI=1S/C12H17F2NO/c1-8(16)5-6-15-9(2)11-7-10(13)3-4-12(11)14/h3-4,7-9,15-16H,5-6H2,1-2H3. The number of aliphatic hydroxyl groups excluding tert-OH is 1. The number of aliphatic hydroxyl groups is 1. The van der Waals surface area contributed by atoms with Gasteiger partial charge in [-0.3, -0.25) is 0 Å². The summed E-state index contributed by atoms with van der Waals surface area (Å²) >= 11 is 0. The molecule has 0 bridgehead atoms. The molecule has 2 unspecified atom stereocenters. The van der Waals surface area contributed by atoms with E-state index in [1.807, 2.05) is 0 Å². The van der Waals surface area contributed by atoms with Gasteiger partial charge in [0.1, 0.15) is 11.6 Å². The molecule has 2 N–H and O–H groups in total. The Hall–Kier alpha value is -1.00. The zero-order valence-electron chi connectivity index (χ0n) is 9.50. The number of rotatable bonds is 5. The van der Waals surface area contributed by atoms with Crippen molar-refractivity contribution in [1.82, 2.24) is 5.32 Å². The monoisotopic (exact) mass is 229 g/mol. The minimum Gasteiger partial charge on any atom is -0.393 e. The van der Waals surface area contributed by atoms with Crippen molar-refractivity contribution in [3.8, 4) is 0 Å². The highest BCUT2D eigenvalue weighted by Gasteiger charge is 2.11. The summed E-state index contributed by atoms with van der Waals surface area (Å²) in [6.45, 7) is 4.02. The van der Waals surface area contributed by atoms with Gasteiger partial charge in [0.05, 0.1) is 6.10 Å². The minimum atomic E-state index is -0.444. The first-order valence-corrected chi connectivity index (χ1v) is 5.37. The van der Waals surface area contributed by atoms with E-state index in [1.54, 1.807) is 13.8 Å². The van der Waals surface area contributed by atoms with Crippen molar-refractivity contribution >= 4 is 0 Å². The van der Waals surface area contributed by atoms with Crippen molar-refractivity contribution in [2.45, 2.75) is 32.4 Å². The lowest BCUT2D eigenvalue weighted by molar-refractivity contribution is 0.182. The van der Waals surface area contributed by atoms with Crippen molar-refractivity contribution in [1.29, 1.82) is 0 Å². The molecule has 0 amide bonds. The van der Waals surface area contributed by atoms with E-state index in [9.17, 15) is 8.78 Å².